The van der Waals surface area contributed by atoms with Gasteiger partial charge in [-0.05, 0) is 29.8 Å². The maximum absolute atomic E-state index is 11.1. The van der Waals surface area contributed by atoms with Gasteiger partial charge in [-0.3, -0.25) is 4.40 Å². The first-order valence-corrected chi connectivity index (χ1v) is 6.05. The molecule has 0 aliphatic heterocycles. The Kier molecular flexibility index (Phi) is 2.83. The molecule has 0 unspecified atom stereocenters. The van der Waals surface area contributed by atoms with Crippen molar-refractivity contribution in [1.29, 1.82) is 0 Å². The second-order valence-corrected chi connectivity index (χ2v) is 4.45. The molecule has 0 saturated carbocycles. The molecule has 0 amide bonds. The van der Waals surface area contributed by atoms with Crippen molar-refractivity contribution in [3.63, 3.8) is 0 Å². The SMILES string of the molecule is Nc1ccc(Cc2nnc3ccccn23)cc1C(=O)O. The average molecular weight is 268 g/mol. The highest BCUT2D eigenvalue weighted by molar-refractivity contribution is 5.93. The first-order chi connectivity index (χ1) is 9.65. The summed E-state index contributed by atoms with van der Waals surface area (Å²) in [5.74, 6) is -0.280. The number of nitrogen functional groups attached to an aromatic ring is 1. The number of hydrogen-bond acceptors (Lipinski definition) is 4. The van der Waals surface area contributed by atoms with Gasteiger partial charge in [0.1, 0.15) is 5.82 Å². The molecule has 0 aliphatic carbocycles. The van der Waals surface area contributed by atoms with Crippen molar-refractivity contribution in [3.8, 4) is 0 Å². The van der Waals surface area contributed by atoms with Crippen LogP contribution in [-0.2, 0) is 6.42 Å². The summed E-state index contributed by atoms with van der Waals surface area (Å²) in [7, 11) is 0. The third-order valence-corrected chi connectivity index (χ3v) is 3.09. The van der Waals surface area contributed by atoms with Crippen LogP contribution >= 0.6 is 0 Å². The Bertz CT molecular complexity index is 795. The summed E-state index contributed by atoms with van der Waals surface area (Å²) < 4.78 is 1.87. The Morgan fingerprint density at radius 2 is 2.10 bits per heavy atom. The van der Waals surface area contributed by atoms with Gasteiger partial charge in [0, 0.05) is 18.3 Å². The third-order valence-electron chi connectivity index (χ3n) is 3.09. The van der Waals surface area contributed by atoms with E-state index in [4.69, 9.17) is 10.8 Å². The maximum Gasteiger partial charge on any atom is 0.337 e. The minimum atomic E-state index is -1.03. The van der Waals surface area contributed by atoms with E-state index in [-0.39, 0.29) is 11.3 Å². The summed E-state index contributed by atoms with van der Waals surface area (Å²) in [6.45, 7) is 0. The fraction of sp³-hybridized carbons (Fsp3) is 0.0714. The van der Waals surface area contributed by atoms with Crippen molar-refractivity contribution in [1.82, 2.24) is 14.6 Å². The highest BCUT2D eigenvalue weighted by Gasteiger charge is 2.11. The predicted octanol–water partition coefficient (Wildman–Crippen LogP) is 1.60. The quantitative estimate of drug-likeness (QED) is 0.704. The van der Waals surface area contributed by atoms with E-state index in [2.05, 4.69) is 10.2 Å². The number of aromatic carboxylic acids is 1. The molecule has 2 aromatic heterocycles. The number of rotatable bonds is 3. The van der Waals surface area contributed by atoms with Crippen LogP contribution in [0.25, 0.3) is 5.65 Å². The van der Waals surface area contributed by atoms with E-state index < -0.39 is 5.97 Å². The lowest BCUT2D eigenvalue weighted by molar-refractivity contribution is 0.0698. The highest BCUT2D eigenvalue weighted by Crippen LogP contribution is 2.17. The van der Waals surface area contributed by atoms with Crippen LogP contribution < -0.4 is 5.73 Å². The van der Waals surface area contributed by atoms with Gasteiger partial charge < -0.3 is 10.8 Å². The van der Waals surface area contributed by atoms with Crippen molar-refractivity contribution in [2.45, 2.75) is 6.42 Å². The van der Waals surface area contributed by atoms with Crippen molar-refractivity contribution >= 4 is 17.3 Å². The Labute approximate surface area is 114 Å². The molecule has 0 radical (unpaired) electrons. The van der Waals surface area contributed by atoms with Crippen molar-refractivity contribution < 1.29 is 9.90 Å². The largest absolute Gasteiger partial charge is 0.478 e. The number of anilines is 1. The van der Waals surface area contributed by atoms with Gasteiger partial charge in [0.2, 0.25) is 0 Å². The number of fused-ring (bicyclic) bond motifs is 1. The molecule has 6 heteroatoms. The van der Waals surface area contributed by atoms with Crippen LogP contribution in [0.3, 0.4) is 0 Å². The zero-order valence-electron chi connectivity index (χ0n) is 10.5. The number of carboxylic acid groups (broad SMARTS) is 1. The number of hydrogen-bond donors (Lipinski definition) is 2. The zero-order chi connectivity index (χ0) is 14.1. The lowest BCUT2D eigenvalue weighted by atomic mass is 10.1. The monoisotopic (exact) mass is 268 g/mol. The van der Waals surface area contributed by atoms with Crippen molar-refractivity contribution in [2.75, 3.05) is 5.73 Å². The number of aromatic nitrogens is 3. The van der Waals surface area contributed by atoms with Gasteiger partial charge in [0.05, 0.1) is 5.56 Å². The molecule has 1 aromatic carbocycles. The normalized spacial score (nSPS) is 10.8. The summed E-state index contributed by atoms with van der Waals surface area (Å²) in [5.41, 5.74) is 7.59. The highest BCUT2D eigenvalue weighted by atomic mass is 16.4. The minimum absolute atomic E-state index is 0.108. The molecular formula is C14H12N4O2. The number of carboxylic acids is 1. The molecular weight excluding hydrogens is 256 g/mol. The van der Waals surface area contributed by atoms with Crippen LogP contribution in [0, 0.1) is 0 Å². The van der Waals surface area contributed by atoms with Gasteiger partial charge in [0.25, 0.3) is 0 Å². The maximum atomic E-state index is 11.1. The predicted molar refractivity (Wildman–Crippen MR) is 73.6 cm³/mol. The lowest BCUT2D eigenvalue weighted by Crippen LogP contribution is -2.04. The van der Waals surface area contributed by atoms with Crippen molar-refractivity contribution in [2.24, 2.45) is 0 Å². The molecule has 20 heavy (non-hydrogen) atoms. The standard InChI is InChI=1S/C14H12N4O2/c15-11-5-4-9(7-10(11)14(19)20)8-13-17-16-12-3-1-2-6-18(12)13/h1-7H,8,15H2,(H,19,20). The second-order valence-electron chi connectivity index (χ2n) is 4.45. The molecule has 0 atom stereocenters. The zero-order valence-corrected chi connectivity index (χ0v) is 10.5. The second kappa shape index (κ2) is 4.65. The molecule has 0 aliphatic rings. The fourth-order valence-corrected chi connectivity index (χ4v) is 2.09. The van der Waals surface area contributed by atoms with Gasteiger partial charge in [-0.15, -0.1) is 10.2 Å². The summed E-state index contributed by atoms with van der Waals surface area (Å²) in [5, 5.41) is 17.3. The Balaban J connectivity index is 1.99. The molecule has 100 valence electrons. The number of carbonyl (C=O) groups is 1. The molecule has 3 aromatic rings. The van der Waals surface area contributed by atoms with E-state index in [0.717, 1.165) is 17.0 Å². The topological polar surface area (TPSA) is 93.5 Å². The average Bonchev–Trinajstić information content (AvgIpc) is 2.84. The lowest BCUT2D eigenvalue weighted by Gasteiger charge is -2.05. The summed E-state index contributed by atoms with van der Waals surface area (Å²) in [6, 6.07) is 10.6. The first kappa shape index (κ1) is 12.2. The molecule has 0 fully saturated rings. The number of nitrogens with two attached hydrogens (primary N) is 1. The van der Waals surface area contributed by atoms with Gasteiger partial charge in [-0.1, -0.05) is 12.1 Å². The van der Waals surface area contributed by atoms with E-state index in [0.29, 0.717) is 6.42 Å². The molecule has 3 rings (SSSR count). The molecule has 0 spiro atoms. The molecule has 6 nitrogen and oxygen atoms in total. The van der Waals surface area contributed by atoms with Gasteiger partial charge in [-0.2, -0.15) is 0 Å². The fourth-order valence-electron chi connectivity index (χ4n) is 2.09. The van der Waals surface area contributed by atoms with Crippen molar-refractivity contribution in [3.05, 3.63) is 59.5 Å². The van der Waals surface area contributed by atoms with Crippen LogP contribution in [0.1, 0.15) is 21.7 Å². The van der Waals surface area contributed by atoms with Crippen LogP contribution in [0.4, 0.5) is 5.69 Å². The van der Waals surface area contributed by atoms with E-state index >= 15 is 0 Å². The van der Waals surface area contributed by atoms with E-state index in [1.54, 1.807) is 18.2 Å². The Morgan fingerprint density at radius 3 is 2.90 bits per heavy atom. The van der Waals surface area contributed by atoms with E-state index in [1.165, 1.54) is 0 Å². The third kappa shape index (κ3) is 2.07. The Morgan fingerprint density at radius 1 is 1.25 bits per heavy atom. The molecule has 0 saturated heterocycles. The molecule has 0 bridgehead atoms. The summed E-state index contributed by atoms with van der Waals surface area (Å²) in [4.78, 5) is 11.1. The first-order valence-electron chi connectivity index (χ1n) is 6.05. The number of pyridine rings is 1. The van der Waals surface area contributed by atoms with Crippen LogP contribution in [0.15, 0.2) is 42.6 Å². The van der Waals surface area contributed by atoms with E-state index in [9.17, 15) is 4.79 Å². The minimum Gasteiger partial charge on any atom is -0.478 e. The van der Waals surface area contributed by atoms with Crippen LogP contribution in [-0.4, -0.2) is 25.7 Å². The number of nitrogens with zero attached hydrogens (tertiary/aromatic N) is 3. The van der Waals surface area contributed by atoms with Gasteiger partial charge in [0.15, 0.2) is 5.65 Å². The smallest absolute Gasteiger partial charge is 0.337 e. The van der Waals surface area contributed by atoms with Gasteiger partial charge in [-0.25, -0.2) is 4.79 Å². The van der Waals surface area contributed by atoms with E-state index in [1.807, 2.05) is 28.8 Å². The molecule has 3 N–H and O–H groups in total. The molecule has 2 heterocycles. The van der Waals surface area contributed by atoms with Crippen LogP contribution in [0.2, 0.25) is 0 Å². The van der Waals surface area contributed by atoms with Crippen LogP contribution in [0.5, 0.6) is 0 Å². The number of benzene rings is 1. The summed E-state index contributed by atoms with van der Waals surface area (Å²) >= 11 is 0. The Hall–Kier alpha value is -2.89. The summed E-state index contributed by atoms with van der Waals surface area (Å²) in [6.07, 6.45) is 2.37. The van der Waals surface area contributed by atoms with Gasteiger partial charge >= 0.3 is 5.97 Å².